The summed E-state index contributed by atoms with van der Waals surface area (Å²) in [6.45, 7) is 14.9. The first-order valence-electron chi connectivity index (χ1n) is 21.9. The highest BCUT2D eigenvalue weighted by Crippen LogP contribution is 2.68. The van der Waals surface area contributed by atoms with Crippen LogP contribution in [-0.2, 0) is 5.41 Å². The Morgan fingerprint density at radius 1 is 0.279 bits per heavy atom. The van der Waals surface area contributed by atoms with E-state index in [9.17, 15) is 0 Å². The van der Waals surface area contributed by atoms with Crippen LogP contribution >= 0.6 is 0 Å². The second kappa shape index (κ2) is 12.6. The van der Waals surface area contributed by atoms with Crippen LogP contribution in [0.3, 0.4) is 0 Å². The molecular weight excluding hydrogens is 733 g/mol. The summed E-state index contributed by atoms with van der Waals surface area (Å²) in [5.41, 5.74) is 10.4. The van der Waals surface area contributed by atoms with E-state index in [-0.39, 0.29) is 16.2 Å². The Kier molecular flexibility index (Phi) is 7.48. The minimum atomic E-state index is -0.293. The minimum Gasteiger partial charge on any atom is -0.0616 e. The molecule has 0 fully saturated rings. The van der Waals surface area contributed by atoms with Gasteiger partial charge in [-0.25, -0.2) is 0 Å². The Balaban J connectivity index is 1.17. The van der Waals surface area contributed by atoms with Gasteiger partial charge in [0, 0.05) is 5.41 Å². The Labute approximate surface area is 358 Å². The molecule has 61 heavy (non-hydrogen) atoms. The number of benzene rings is 11. The van der Waals surface area contributed by atoms with Crippen LogP contribution in [-0.4, -0.2) is 0 Å². The van der Waals surface area contributed by atoms with E-state index in [1.165, 1.54) is 120 Å². The zero-order valence-electron chi connectivity index (χ0n) is 35.8. The summed E-state index contributed by atoms with van der Waals surface area (Å²) >= 11 is 0. The van der Waals surface area contributed by atoms with Gasteiger partial charge >= 0.3 is 0 Å². The van der Waals surface area contributed by atoms with E-state index < -0.39 is 0 Å². The normalized spacial score (nSPS) is 13.9. The van der Waals surface area contributed by atoms with Gasteiger partial charge in [0.15, 0.2) is 0 Å². The van der Waals surface area contributed by atoms with Crippen LogP contribution in [0.25, 0.3) is 109 Å². The second-order valence-electron chi connectivity index (χ2n) is 19.5. The molecule has 1 aliphatic carbocycles. The summed E-state index contributed by atoms with van der Waals surface area (Å²) < 4.78 is 0. The van der Waals surface area contributed by atoms with Crippen LogP contribution in [0.1, 0.15) is 52.7 Å². The lowest BCUT2D eigenvalue weighted by molar-refractivity contribution is 0.0977. The fourth-order valence-corrected chi connectivity index (χ4v) is 12.6. The predicted octanol–water partition coefficient (Wildman–Crippen LogP) is 17.5. The van der Waals surface area contributed by atoms with Crippen LogP contribution < -0.4 is 0 Å². The number of hydrogen-bond acceptors (Lipinski definition) is 0. The van der Waals surface area contributed by atoms with E-state index in [1.807, 2.05) is 0 Å². The molecule has 0 heterocycles. The first kappa shape index (κ1) is 36.1. The fourth-order valence-electron chi connectivity index (χ4n) is 12.6. The van der Waals surface area contributed by atoms with E-state index in [0.717, 1.165) is 0 Å². The zero-order valence-corrected chi connectivity index (χ0v) is 35.8. The van der Waals surface area contributed by atoms with Crippen molar-refractivity contribution in [2.45, 2.75) is 47.0 Å². The monoisotopic (exact) mass is 780 g/mol. The van der Waals surface area contributed by atoms with Gasteiger partial charge < -0.3 is 0 Å². The van der Waals surface area contributed by atoms with Gasteiger partial charge in [-0.05, 0) is 143 Å². The number of fused-ring (bicyclic) bond motifs is 15. The van der Waals surface area contributed by atoms with Crippen molar-refractivity contribution >= 4 is 75.4 Å². The summed E-state index contributed by atoms with van der Waals surface area (Å²) in [7, 11) is 0. The minimum absolute atomic E-state index is 0.112. The molecule has 0 bridgehead atoms. The molecule has 292 valence electrons. The molecule has 0 aromatic heterocycles. The third kappa shape index (κ3) is 4.77. The maximum atomic E-state index is 2.49. The van der Waals surface area contributed by atoms with Crippen LogP contribution in [0.4, 0.5) is 0 Å². The molecule has 0 unspecified atom stereocenters. The van der Waals surface area contributed by atoms with Gasteiger partial charge in [0.05, 0.1) is 0 Å². The molecule has 0 nitrogen and oxygen atoms in total. The van der Waals surface area contributed by atoms with E-state index in [2.05, 4.69) is 224 Å². The van der Waals surface area contributed by atoms with Gasteiger partial charge in [-0.2, -0.15) is 0 Å². The lowest BCUT2D eigenvalue weighted by Crippen LogP contribution is -2.50. The maximum absolute atomic E-state index is 2.49. The summed E-state index contributed by atoms with van der Waals surface area (Å²) in [4.78, 5) is 0. The van der Waals surface area contributed by atoms with Gasteiger partial charge in [0.25, 0.3) is 0 Å². The van der Waals surface area contributed by atoms with Crippen molar-refractivity contribution in [1.82, 2.24) is 0 Å². The van der Waals surface area contributed by atoms with E-state index >= 15 is 0 Å². The molecule has 0 amide bonds. The SMILES string of the molecule is CC(C)(C)C1(C(C)(C)C)c2c(ccc3cc(-c4c5ccccc5c(-c5cc6ccccc6c6ccccc56)c5ccccc45)ccc23)-c2c1c1ccccc1c1ccccc21. The third-order valence-corrected chi connectivity index (χ3v) is 14.5. The topological polar surface area (TPSA) is 0 Å². The first-order chi connectivity index (χ1) is 29.6. The highest BCUT2D eigenvalue weighted by atomic mass is 14.6. The zero-order chi connectivity index (χ0) is 41.4. The highest BCUT2D eigenvalue weighted by Gasteiger charge is 2.59. The first-order valence-corrected chi connectivity index (χ1v) is 21.9. The lowest BCUT2D eigenvalue weighted by Gasteiger charge is -2.54. The highest BCUT2D eigenvalue weighted by molar-refractivity contribution is 6.26. The number of hydrogen-bond donors (Lipinski definition) is 0. The molecule has 0 aliphatic heterocycles. The molecule has 11 aromatic rings. The van der Waals surface area contributed by atoms with Crippen molar-refractivity contribution in [2.75, 3.05) is 0 Å². The molecule has 0 heteroatoms. The van der Waals surface area contributed by atoms with Crippen LogP contribution in [0.2, 0.25) is 0 Å². The van der Waals surface area contributed by atoms with Gasteiger partial charge in [0.1, 0.15) is 0 Å². The van der Waals surface area contributed by atoms with Crippen LogP contribution in [0.5, 0.6) is 0 Å². The standard InChI is InChI=1S/C61H48/c1-59(2,3)61(60(4,5)6)57-41-33-32-39(35-38(41)31-34-52(57)56-46-25-13-11-22-43(46)44-23-12-18-30-51(44)58(56)61)54-47-26-14-16-28-49(47)55(50-29-17-15-27-48(50)54)53-36-37-19-7-8-20-40(37)42-21-9-10-24-45(42)53/h7-36H,1-6H3. The Bertz CT molecular complexity index is 3590. The summed E-state index contributed by atoms with van der Waals surface area (Å²) in [6, 6.07) is 68.9. The third-order valence-electron chi connectivity index (χ3n) is 14.5. The van der Waals surface area contributed by atoms with Crippen molar-refractivity contribution in [3.63, 3.8) is 0 Å². The molecule has 0 atom stereocenters. The molecule has 0 saturated carbocycles. The molecule has 1 aliphatic rings. The smallest absolute Gasteiger partial charge is 0.0324 e. The molecule has 0 saturated heterocycles. The van der Waals surface area contributed by atoms with Crippen molar-refractivity contribution in [3.05, 3.63) is 193 Å². The summed E-state index contributed by atoms with van der Waals surface area (Å²) in [5.74, 6) is 0. The Morgan fingerprint density at radius 2 is 0.705 bits per heavy atom. The molecule has 0 N–H and O–H groups in total. The summed E-state index contributed by atoms with van der Waals surface area (Å²) in [6.07, 6.45) is 0. The van der Waals surface area contributed by atoms with Crippen molar-refractivity contribution in [1.29, 1.82) is 0 Å². The van der Waals surface area contributed by atoms with Crippen molar-refractivity contribution in [3.8, 4) is 33.4 Å². The molecule has 11 aromatic carbocycles. The largest absolute Gasteiger partial charge is 0.0616 e. The average molecular weight is 781 g/mol. The molecule has 0 radical (unpaired) electrons. The Morgan fingerprint density at radius 3 is 1.28 bits per heavy atom. The quantitative estimate of drug-likeness (QED) is 0.121. The van der Waals surface area contributed by atoms with Crippen LogP contribution in [0, 0.1) is 10.8 Å². The van der Waals surface area contributed by atoms with Gasteiger partial charge in [-0.3, -0.25) is 0 Å². The van der Waals surface area contributed by atoms with E-state index in [1.54, 1.807) is 0 Å². The lowest BCUT2D eigenvalue weighted by atomic mass is 9.49. The molecular formula is C61H48. The van der Waals surface area contributed by atoms with Crippen LogP contribution in [0.15, 0.2) is 182 Å². The van der Waals surface area contributed by atoms with Gasteiger partial charge in [-0.15, -0.1) is 0 Å². The van der Waals surface area contributed by atoms with Gasteiger partial charge in [-0.1, -0.05) is 211 Å². The van der Waals surface area contributed by atoms with Crippen molar-refractivity contribution in [2.24, 2.45) is 10.8 Å². The average Bonchev–Trinajstić information content (AvgIpc) is 3.62. The van der Waals surface area contributed by atoms with E-state index in [0.29, 0.717) is 0 Å². The number of rotatable bonds is 2. The maximum Gasteiger partial charge on any atom is 0.0324 e. The summed E-state index contributed by atoms with van der Waals surface area (Å²) in [5, 5.41) is 18.3. The second-order valence-corrected chi connectivity index (χ2v) is 19.5. The molecule has 0 spiro atoms. The van der Waals surface area contributed by atoms with Crippen molar-refractivity contribution < 1.29 is 0 Å². The fraction of sp³-hybridized carbons (Fsp3) is 0.148. The molecule has 12 rings (SSSR count). The van der Waals surface area contributed by atoms with Gasteiger partial charge in [0.2, 0.25) is 0 Å². The Hall–Kier alpha value is -6.76. The predicted molar refractivity (Wildman–Crippen MR) is 265 cm³/mol. The van der Waals surface area contributed by atoms with E-state index in [4.69, 9.17) is 0 Å².